The molecular formula is C23H29ClN2O4. The van der Waals surface area contributed by atoms with Gasteiger partial charge in [0.1, 0.15) is 6.04 Å². The van der Waals surface area contributed by atoms with Gasteiger partial charge in [0.25, 0.3) is 5.91 Å². The first-order valence-electron chi connectivity index (χ1n) is 9.86. The predicted molar refractivity (Wildman–Crippen MR) is 118 cm³/mol. The number of halogens is 1. The third kappa shape index (κ3) is 5.89. The number of methoxy groups -OCH3 is 2. The van der Waals surface area contributed by atoms with Crippen LogP contribution in [0.2, 0.25) is 5.02 Å². The molecule has 0 saturated heterocycles. The van der Waals surface area contributed by atoms with Gasteiger partial charge in [0.15, 0.2) is 11.5 Å². The van der Waals surface area contributed by atoms with Gasteiger partial charge in [0, 0.05) is 23.7 Å². The molecule has 0 aliphatic rings. The van der Waals surface area contributed by atoms with Crippen LogP contribution in [0.15, 0.2) is 42.5 Å². The molecule has 30 heavy (non-hydrogen) atoms. The molecule has 0 aromatic heterocycles. The first-order chi connectivity index (χ1) is 14.3. The van der Waals surface area contributed by atoms with Gasteiger partial charge in [-0.15, -0.1) is 0 Å². The van der Waals surface area contributed by atoms with E-state index in [1.165, 1.54) is 0 Å². The van der Waals surface area contributed by atoms with Crippen LogP contribution in [0.25, 0.3) is 0 Å². The number of hydrogen-bond acceptors (Lipinski definition) is 4. The molecule has 7 heteroatoms. The Balaban J connectivity index is 2.17. The van der Waals surface area contributed by atoms with Crippen LogP contribution in [-0.4, -0.2) is 43.5 Å². The first kappa shape index (κ1) is 23.5. The van der Waals surface area contributed by atoms with E-state index in [0.29, 0.717) is 35.2 Å². The quantitative estimate of drug-likeness (QED) is 0.646. The van der Waals surface area contributed by atoms with Crippen molar-refractivity contribution in [3.05, 3.63) is 58.6 Å². The largest absolute Gasteiger partial charge is 0.493 e. The highest BCUT2D eigenvalue weighted by Crippen LogP contribution is 2.28. The van der Waals surface area contributed by atoms with Gasteiger partial charge in [-0.1, -0.05) is 31.5 Å². The van der Waals surface area contributed by atoms with E-state index in [-0.39, 0.29) is 17.7 Å². The molecule has 1 unspecified atom stereocenters. The predicted octanol–water partition coefficient (Wildman–Crippen LogP) is 4.16. The summed E-state index contributed by atoms with van der Waals surface area (Å²) >= 11 is 5.89. The minimum atomic E-state index is -0.645. The molecule has 162 valence electrons. The van der Waals surface area contributed by atoms with Crippen molar-refractivity contribution in [2.45, 2.75) is 33.4 Å². The van der Waals surface area contributed by atoms with Crippen molar-refractivity contribution in [1.29, 1.82) is 0 Å². The Hall–Kier alpha value is -2.73. The van der Waals surface area contributed by atoms with Gasteiger partial charge < -0.3 is 19.7 Å². The van der Waals surface area contributed by atoms with Crippen molar-refractivity contribution in [2.24, 2.45) is 5.92 Å². The highest BCUT2D eigenvalue weighted by atomic mass is 35.5. The molecule has 0 heterocycles. The molecule has 0 bridgehead atoms. The minimum absolute atomic E-state index is 0.0757. The number of benzene rings is 2. The van der Waals surface area contributed by atoms with E-state index in [1.54, 1.807) is 43.4 Å². The van der Waals surface area contributed by atoms with Gasteiger partial charge in [-0.25, -0.2) is 0 Å². The van der Waals surface area contributed by atoms with E-state index in [4.69, 9.17) is 21.1 Å². The van der Waals surface area contributed by atoms with Crippen LogP contribution in [-0.2, 0) is 11.3 Å². The summed E-state index contributed by atoms with van der Waals surface area (Å²) in [5.74, 6) is 0.722. The number of amides is 2. The fraction of sp³-hybridized carbons (Fsp3) is 0.391. The molecule has 0 aliphatic heterocycles. The van der Waals surface area contributed by atoms with Crippen molar-refractivity contribution in [1.82, 2.24) is 10.2 Å². The lowest BCUT2D eigenvalue weighted by atomic mass is 10.0. The Morgan fingerprint density at radius 2 is 1.67 bits per heavy atom. The van der Waals surface area contributed by atoms with Gasteiger partial charge in [0.05, 0.1) is 14.2 Å². The van der Waals surface area contributed by atoms with E-state index in [9.17, 15) is 9.59 Å². The summed E-state index contributed by atoms with van der Waals surface area (Å²) in [6.07, 6.45) is 0. The average molecular weight is 433 g/mol. The molecule has 1 atom stereocenters. The van der Waals surface area contributed by atoms with E-state index >= 15 is 0 Å². The molecule has 0 spiro atoms. The first-order valence-corrected chi connectivity index (χ1v) is 10.2. The van der Waals surface area contributed by atoms with Crippen LogP contribution in [0.1, 0.15) is 36.7 Å². The Morgan fingerprint density at radius 3 is 2.20 bits per heavy atom. The second kappa shape index (κ2) is 10.9. The van der Waals surface area contributed by atoms with Crippen molar-refractivity contribution >= 4 is 23.4 Å². The number of nitrogens with zero attached hydrogens (tertiary/aromatic N) is 1. The number of rotatable bonds is 9. The van der Waals surface area contributed by atoms with Gasteiger partial charge >= 0.3 is 0 Å². The second-order valence-corrected chi connectivity index (χ2v) is 7.68. The van der Waals surface area contributed by atoms with Crippen LogP contribution in [0.5, 0.6) is 11.5 Å². The van der Waals surface area contributed by atoms with Crippen LogP contribution in [0.3, 0.4) is 0 Å². The minimum Gasteiger partial charge on any atom is -0.493 e. The lowest BCUT2D eigenvalue weighted by Crippen LogP contribution is -2.51. The number of carbonyl (C=O) groups excluding carboxylic acids is 2. The standard InChI is InChI=1S/C23H29ClN2O4/c1-6-26(14-16-7-12-19(29-4)20(13-16)30-5)23(28)21(15(2)3)25-22(27)17-8-10-18(24)11-9-17/h7-13,15,21H,6,14H2,1-5H3,(H,25,27). The molecule has 1 N–H and O–H groups in total. The molecular weight excluding hydrogens is 404 g/mol. The molecule has 6 nitrogen and oxygen atoms in total. The topological polar surface area (TPSA) is 67.9 Å². The third-order valence-corrected chi connectivity index (χ3v) is 5.09. The van der Waals surface area contributed by atoms with Gasteiger partial charge in [0.2, 0.25) is 5.91 Å². The highest BCUT2D eigenvalue weighted by molar-refractivity contribution is 6.30. The maximum absolute atomic E-state index is 13.3. The maximum Gasteiger partial charge on any atom is 0.251 e. The summed E-state index contributed by atoms with van der Waals surface area (Å²) in [4.78, 5) is 27.6. The summed E-state index contributed by atoms with van der Waals surface area (Å²) in [6.45, 7) is 6.64. The molecule has 0 fully saturated rings. The van der Waals surface area contributed by atoms with Crippen LogP contribution >= 0.6 is 11.6 Å². The number of nitrogens with one attached hydrogen (secondary N) is 1. The monoisotopic (exact) mass is 432 g/mol. The van der Waals surface area contributed by atoms with Crippen molar-refractivity contribution in [3.63, 3.8) is 0 Å². The summed E-state index contributed by atoms with van der Waals surface area (Å²) in [7, 11) is 3.15. The third-order valence-electron chi connectivity index (χ3n) is 4.84. The summed E-state index contributed by atoms with van der Waals surface area (Å²) in [5, 5.41) is 3.43. The SMILES string of the molecule is CCN(Cc1ccc(OC)c(OC)c1)C(=O)C(NC(=O)c1ccc(Cl)cc1)C(C)C. The van der Waals surface area contributed by atoms with Crippen molar-refractivity contribution < 1.29 is 19.1 Å². The summed E-state index contributed by atoms with van der Waals surface area (Å²) in [6, 6.07) is 11.5. The lowest BCUT2D eigenvalue weighted by molar-refractivity contribution is -0.134. The van der Waals surface area contributed by atoms with Crippen LogP contribution < -0.4 is 14.8 Å². The zero-order valence-electron chi connectivity index (χ0n) is 18.1. The summed E-state index contributed by atoms with van der Waals surface area (Å²) in [5.41, 5.74) is 1.37. The Kier molecular flexibility index (Phi) is 8.54. The van der Waals surface area contributed by atoms with Gasteiger partial charge in [-0.05, 0) is 54.8 Å². The molecule has 2 rings (SSSR count). The smallest absolute Gasteiger partial charge is 0.251 e. The number of hydrogen-bond donors (Lipinski definition) is 1. The zero-order valence-corrected chi connectivity index (χ0v) is 18.8. The molecule has 2 aromatic rings. The Bertz CT molecular complexity index is 868. The molecule has 0 aliphatic carbocycles. The number of likely N-dealkylation sites (N-methyl/N-ethyl adjacent to an activating group) is 1. The van der Waals surface area contributed by atoms with Gasteiger partial charge in [-0.3, -0.25) is 9.59 Å². The normalized spacial score (nSPS) is 11.7. The van der Waals surface area contributed by atoms with Gasteiger partial charge in [-0.2, -0.15) is 0 Å². The molecule has 2 aromatic carbocycles. The molecule has 2 amide bonds. The van der Waals surface area contributed by atoms with Crippen LogP contribution in [0, 0.1) is 5.92 Å². The van der Waals surface area contributed by atoms with Crippen molar-refractivity contribution in [3.8, 4) is 11.5 Å². The second-order valence-electron chi connectivity index (χ2n) is 7.24. The average Bonchev–Trinajstić information content (AvgIpc) is 2.75. The zero-order chi connectivity index (χ0) is 22.3. The number of carbonyl (C=O) groups is 2. The van der Waals surface area contributed by atoms with Crippen molar-refractivity contribution in [2.75, 3.05) is 20.8 Å². The van der Waals surface area contributed by atoms with E-state index in [0.717, 1.165) is 5.56 Å². The van der Waals surface area contributed by atoms with E-state index in [1.807, 2.05) is 39.0 Å². The molecule has 0 saturated carbocycles. The van der Waals surface area contributed by atoms with E-state index < -0.39 is 6.04 Å². The maximum atomic E-state index is 13.3. The Labute approximate surface area is 183 Å². The highest BCUT2D eigenvalue weighted by Gasteiger charge is 2.28. The molecule has 0 radical (unpaired) electrons. The fourth-order valence-corrected chi connectivity index (χ4v) is 3.21. The Morgan fingerprint density at radius 1 is 1.03 bits per heavy atom. The fourth-order valence-electron chi connectivity index (χ4n) is 3.08. The lowest BCUT2D eigenvalue weighted by Gasteiger charge is -2.29. The van der Waals surface area contributed by atoms with Crippen LogP contribution in [0.4, 0.5) is 0 Å². The summed E-state index contributed by atoms with van der Waals surface area (Å²) < 4.78 is 10.6. The number of ether oxygens (including phenoxy) is 2. The van der Waals surface area contributed by atoms with E-state index in [2.05, 4.69) is 5.32 Å².